The fraction of sp³-hybridized carbons (Fsp3) is 0.217. The molecule has 0 N–H and O–H groups in total. The average Bonchev–Trinajstić information content (AvgIpc) is 2.75. The number of hydrogen-bond acceptors (Lipinski definition) is 4. The van der Waals surface area contributed by atoms with E-state index in [-0.39, 0.29) is 12.5 Å². The highest BCUT2D eigenvalue weighted by atomic mass is 16.5. The molecule has 1 aliphatic heterocycles. The minimum Gasteiger partial charge on any atom is -0.483 e. The van der Waals surface area contributed by atoms with Crippen LogP contribution in [0.2, 0.25) is 0 Å². The van der Waals surface area contributed by atoms with Crippen molar-refractivity contribution in [3.8, 4) is 5.75 Å². The van der Waals surface area contributed by atoms with Crippen LogP contribution >= 0.6 is 0 Å². The second-order valence-corrected chi connectivity index (χ2v) is 6.80. The second kappa shape index (κ2) is 7.72. The van der Waals surface area contributed by atoms with E-state index < -0.39 is 12.0 Å². The van der Waals surface area contributed by atoms with Crippen LogP contribution in [-0.2, 0) is 27.3 Å². The smallest absolute Gasteiger partial charge is 0.328 e. The van der Waals surface area contributed by atoms with Crippen LogP contribution in [0, 0.1) is 0 Å². The number of esters is 1. The van der Waals surface area contributed by atoms with Crippen molar-refractivity contribution in [2.75, 3.05) is 13.7 Å². The Bertz CT molecular complexity index is 1020. The summed E-state index contributed by atoms with van der Waals surface area (Å²) >= 11 is 0. The largest absolute Gasteiger partial charge is 0.483 e. The lowest BCUT2D eigenvalue weighted by molar-refractivity contribution is -0.154. The van der Waals surface area contributed by atoms with Gasteiger partial charge in [0.25, 0.3) is 5.91 Å². The minimum absolute atomic E-state index is 0.135. The van der Waals surface area contributed by atoms with Gasteiger partial charge >= 0.3 is 5.97 Å². The van der Waals surface area contributed by atoms with Crippen LogP contribution in [0.15, 0.2) is 66.7 Å². The van der Waals surface area contributed by atoms with Crippen molar-refractivity contribution in [3.63, 3.8) is 0 Å². The maximum atomic E-state index is 12.9. The fourth-order valence-electron chi connectivity index (χ4n) is 3.68. The number of rotatable bonds is 4. The average molecular weight is 375 g/mol. The van der Waals surface area contributed by atoms with Crippen LogP contribution in [0.1, 0.15) is 11.1 Å². The Kier molecular flexibility index (Phi) is 4.98. The van der Waals surface area contributed by atoms with E-state index in [0.717, 1.165) is 21.9 Å². The molecule has 3 aromatic rings. The molecule has 1 amide bonds. The van der Waals surface area contributed by atoms with Crippen molar-refractivity contribution < 1.29 is 19.1 Å². The minimum atomic E-state index is -0.636. The number of hydrogen-bond donors (Lipinski definition) is 0. The molecular formula is C23H21NO4. The first kappa shape index (κ1) is 18.0. The first-order valence-corrected chi connectivity index (χ1v) is 9.22. The molecule has 1 heterocycles. The molecule has 0 radical (unpaired) electrons. The Morgan fingerprint density at radius 2 is 1.68 bits per heavy atom. The van der Waals surface area contributed by atoms with Crippen molar-refractivity contribution >= 4 is 22.6 Å². The zero-order chi connectivity index (χ0) is 19.5. The normalized spacial score (nSPS) is 15.8. The van der Waals surface area contributed by atoms with Gasteiger partial charge in [-0.25, -0.2) is 4.79 Å². The molecule has 0 saturated carbocycles. The van der Waals surface area contributed by atoms with Crippen LogP contribution in [0.25, 0.3) is 10.8 Å². The number of ether oxygens (including phenoxy) is 2. The monoisotopic (exact) mass is 375 g/mol. The Labute approximate surface area is 163 Å². The number of methoxy groups -OCH3 is 1. The van der Waals surface area contributed by atoms with E-state index in [2.05, 4.69) is 0 Å². The summed E-state index contributed by atoms with van der Waals surface area (Å²) in [5.74, 6) is 0.00401. The maximum Gasteiger partial charge on any atom is 0.328 e. The van der Waals surface area contributed by atoms with Gasteiger partial charge in [0, 0.05) is 18.4 Å². The molecule has 4 rings (SSSR count). The Hall–Kier alpha value is -3.34. The molecule has 1 aliphatic rings. The molecule has 28 heavy (non-hydrogen) atoms. The summed E-state index contributed by atoms with van der Waals surface area (Å²) in [4.78, 5) is 26.8. The van der Waals surface area contributed by atoms with Crippen LogP contribution in [0.3, 0.4) is 0 Å². The first-order chi connectivity index (χ1) is 13.7. The predicted molar refractivity (Wildman–Crippen MR) is 106 cm³/mol. The van der Waals surface area contributed by atoms with Crippen LogP contribution in [0.4, 0.5) is 0 Å². The molecule has 0 aromatic heterocycles. The summed E-state index contributed by atoms with van der Waals surface area (Å²) in [6.45, 7) is 0.233. The summed E-state index contributed by atoms with van der Waals surface area (Å²) in [5, 5.41) is 2.00. The summed E-state index contributed by atoms with van der Waals surface area (Å²) in [6, 6.07) is 20.8. The molecule has 0 unspecified atom stereocenters. The van der Waals surface area contributed by atoms with Crippen molar-refractivity contribution in [1.29, 1.82) is 0 Å². The highest BCUT2D eigenvalue weighted by molar-refractivity contribution is 5.89. The van der Waals surface area contributed by atoms with E-state index in [4.69, 9.17) is 9.47 Å². The van der Waals surface area contributed by atoms with Gasteiger partial charge in [0.1, 0.15) is 11.8 Å². The number of fused-ring (bicyclic) bond motifs is 2. The Morgan fingerprint density at radius 1 is 0.964 bits per heavy atom. The molecule has 0 fully saturated rings. The van der Waals surface area contributed by atoms with Gasteiger partial charge in [0.2, 0.25) is 0 Å². The molecule has 142 valence electrons. The zero-order valence-electron chi connectivity index (χ0n) is 15.6. The molecule has 5 heteroatoms. The van der Waals surface area contributed by atoms with Gasteiger partial charge in [0.05, 0.1) is 7.11 Å². The molecule has 0 bridgehead atoms. The molecular weight excluding hydrogens is 354 g/mol. The molecule has 3 aromatic carbocycles. The zero-order valence-corrected chi connectivity index (χ0v) is 15.6. The number of nitrogens with zero attached hydrogens (tertiary/aromatic N) is 1. The number of carbonyl (C=O) groups excluding carboxylic acids is 2. The van der Waals surface area contributed by atoms with Crippen LogP contribution in [-0.4, -0.2) is 36.5 Å². The number of amides is 1. The molecule has 0 spiro atoms. The third kappa shape index (κ3) is 3.43. The Morgan fingerprint density at radius 3 is 2.50 bits per heavy atom. The fourth-order valence-corrected chi connectivity index (χ4v) is 3.68. The summed E-state index contributed by atoms with van der Waals surface area (Å²) in [6.07, 6.45) is 0.447. The van der Waals surface area contributed by atoms with Gasteiger partial charge in [-0.05, 0) is 22.6 Å². The third-order valence-electron chi connectivity index (χ3n) is 5.14. The lowest BCUT2D eigenvalue weighted by atomic mass is 9.94. The summed E-state index contributed by atoms with van der Waals surface area (Å²) in [7, 11) is 1.35. The van der Waals surface area contributed by atoms with Gasteiger partial charge in [0.15, 0.2) is 6.61 Å². The highest BCUT2D eigenvalue weighted by Crippen LogP contribution is 2.27. The lowest BCUT2D eigenvalue weighted by Crippen LogP contribution is -2.50. The van der Waals surface area contributed by atoms with Crippen molar-refractivity contribution in [3.05, 3.63) is 77.9 Å². The molecule has 1 atom stereocenters. The van der Waals surface area contributed by atoms with E-state index in [1.807, 2.05) is 66.7 Å². The van der Waals surface area contributed by atoms with Gasteiger partial charge in [-0.3, -0.25) is 4.79 Å². The van der Waals surface area contributed by atoms with Crippen LogP contribution in [0.5, 0.6) is 5.75 Å². The van der Waals surface area contributed by atoms with E-state index in [9.17, 15) is 9.59 Å². The molecule has 0 saturated heterocycles. The van der Waals surface area contributed by atoms with Crippen molar-refractivity contribution in [1.82, 2.24) is 4.90 Å². The summed E-state index contributed by atoms with van der Waals surface area (Å²) < 4.78 is 10.8. The standard InChI is InChI=1S/C23H21NO4/c1-27-23(26)20-13-17-8-2-3-9-18(17)14-24(20)22(25)15-28-21-12-6-10-16-7-4-5-11-19(16)21/h2-12,20H,13-15H2,1H3/t20-/m1/s1. The van der Waals surface area contributed by atoms with Crippen molar-refractivity contribution in [2.45, 2.75) is 19.0 Å². The van der Waals surface area contributed by atoms with E-state index in [1.165, 1.54) is 7.11 Å². The maximum absolute atomic E-state index is 12.9. The third-order valence-corrected chi connectivity index (χ3v) is 5.14. The van der Waals surface area contributed by atoms with Gasteiger partial charge in [-0.1, -0.05) is 60.7 Å². The second-order valence-electron chi connectivity index (χ2n) is 6.80. The topological polar surface area (TPSA) is 55.8 Å². The Balaban J connectivity index is 1.55. The number of benzene rings is 3. The predicted octanol–water partition coefficient (Wildman–Crippen LogP) is 3.35. The van der Waals surface area contributed by atoms with E-state index in [0.29, 0.717) is 18.7 Å². The van der Waals surface area contributed by atoms with Gasteiger partial charge in [-0.15, -0.1) is 0 Å². The molecule has 5 nitrogen and oxygen atoms in total. The lowest BCUT2D eigenvalue weighted by Gasteiger charge is -2.35. The SMILES string of the molecule is COC(=O)[C@H]1Cc2ccccc2CN1C(=O)COc1cccc2ccccc12. The van der Waals surface area contributed by atoms with Gasteiger partial charge < -0.3 is 14.4 Å². The highest BCUT2D eigenvalue weighted by Gasteiger charge is 2.35. The first-order valence-electron chi connectivity index (χ1n) is 9.22. The van der Waals surface area contributed by atoms with Crippen LogP contribution < -0.4 is 4.74 Å². The van der Waals surface area contributed by atoms with Gasteiger partial charge in [-0.2, -0.15) is 0 Å². The molecule has 0 aliphatic carbocycles. The quantitative estimate of drug-likeness (QED) is 0.657. The number of carbonyl (C=O) groups is 2. The summed E-state index contributed by atoms with van der Waals surface area (Å²) in [5.41, 5.74) is 2.11. The van der Waals surface area contributed by atoms with E-state index in [1.54, 1.807) is 4.90 Å². The van der Waals surface area contributed by atoms with Crippen molar-refractivity contribution in [2.24, 2.45) is 0 Å². The van der Waals surface area contributed by atoms with E-state index >= 15 is 0 Å².